The number of carbonyl (C=O) groups is 1. The van der Waals surface area contributed by atoms with Crippen molar-refractivity contribution in [1.82, 2.24) is 5.32 Å². The summed E-state index contributed by atoms with van der Waals surface area (Å²) in [6.45, 7) is 2.02. The molecule has 0 unspecified atom stereocenters. The van der Waals surface area contributed by atoms with E-state index in [2.05, 4.69) is 11.4 Å². The van der Waals surface area contributed by atoms with Crippen LogP contribution in [0.1, 0.15) is 17.5 Å². The van der Waals surface area contributed by atoms with Gasteiger partial charge in [0.1, 0.15) is 0 Å². The first-order valence-electron chi connectivity index (χ1n) is 8.29. The topological polar surface area (TPSA) is 50.8 Å². The molecule has 0 saturated heterocycles. The summed E-state index contributed by atoms with van der Waals surface area (Å²) in [4.78, 5) is 14.5. The third kappa shape index (κ3) is 2.95. The Kier molecular flexibility index (Phi) is 4.09. The van der Waals surface area contributed by atoms with Crippen LogP contribution in [0.15, 0.2) is 42.5 Å². The predicted molar refractivity (Wildman–Crippen MR) is 91.4 cm³/mol. The zero-order valence-electron chi connectivity index (χ0n) is 13.5. The fourth-order valence-electron chi connectivity index (χ4n) is 3.25. The van der Waals surface area contributed by atoms with E-state index in [1.54, 1.807) is 0 Å². The van der Waals surface area contributed by atoms with E-state index in [1.165, 1.54) is 5.56 Å². The van der Waals surface area contributed by atoms with Crippen molar-refractivity contribution in [3.63, 3.8) is 0 Å². The summed E-state index contributed by atoms with van der Waals surface area (Å²) in [7, 11) is 0. The zero-order valence-corrected chi connectivity index (χ0v) is 13.5. The van der Waals surface area contributed by atoms with Crippen molar-refractivity contribution in [2.75, 3.05) is 24.8 Å². The summed E-state index contributed by atoms with van der Waals surface area (Å²) >= 11 is 0. The van der Waals surface area contributed by atoms with Gasteiger partial charge in [0.05, 0.1) is 6.54 Å². The number of amides is 1. The standard InChI is InChI=1S/C19H20N2O3/c22-19(21-9-3-5-15-4-1-2-6-16(15)21)12-20-11-14-7-8-17-18(10-14)24-13-23-17/h1-2,4,6-8,10,20H,3,5,9,11-13H2. The van der Waals surface area contributed by atoms with Crippen LogP contribution in [-0.2, 0) is 17.8 Å². The summed E-state index contributed by atoms with van der Waals surface area (Å²) in [6, 6.07) is 14.0. The highest BCUT2D eigenvalue weighted by molar-refractivity contribution is 5.95. The van der Waals surface area contributed by atoms with Crippen LogP contribution in [0.25, 0.3) is 0 Å². The van der Waals surface area contributed by atoms with Crippen LogP contribution in [0.4, 0.5) is 5.69 Å². The van der Waals surface area contributed by atoms with E-state index in [-0.39, 0.29) is 12.7 Å². The smallest absolute Gasteiger partial charge is 0.240 e. The van der Waals surface area contributed by atoms with Crippen LogP contribution < -0.4 is 19.7 Å². The fourth-order valence-corrected chi connectivity index (χ4v) is 3.25. The third-order valence-electron chi connectivity index (χ3n) is 4.45. The van der Waals surface area contributed by atoms with Gasteiger partial charge in [-0.25, -0.2) is 0 Å². The molecular weight excluding hydrogens is 304 g/mol. The Balaban J connectivity index is 1.36. The Morgan fingerprint density at radius 1 is 1.12 bits per heavy atom. The van der Waals surface area contributed by atoms with Gasteiger partial charge in [-0.1, -0.05) is 24.3 Å². The molecule has 2 aromatic rings. The van der Waals surface area contributed by atoms with E-state index in [0.717, 1.165) is 42.1 Å². The van der Waals surface area contributed by atoms with Gasteiger partial charge in [-0.3, -0.25) is 4.79 Å². The fraction of sp³-hybridized carbons (Fsp3) is 0.316. The molecule has 2 aliphatic heterocycles. The van der Waals surface area contributed by atoms with E-state index in [9.17, 15) is 4.79 Å². The molecule has 2 aromatic carbocycles. The second kappa shape index (κ2) is 6.53. The molecule has 5 heteroatoms. The average molecular weight is 324 g/mol. The molecule has 0 bridgehead atoms. The molecule has 1 amide bonds. The van der Waals surface area contributed by atoms with E-state index in [0.29, 0.717) is 13.1 Å². The molecule has 0 atom stereocenters. The summed E-state index contributed by atoms with van der Waals surface area (Å²) in [6.07, 6.45) is 2.06. The lowest BCUT2D eigenvalue weighted by Gasteiger charge is -2.29. The number of anilines is 1. The second-order valence-electron chi connectivity index (χ2n) is 6.07. The maximum absolute atomic E-state index is 12.6. The van der Waals surface area contributed by atoms with Gasteiger partial charge in [0.15, 0.2) is 11.5 Å². The molecule has 4 rings (SSSR count). The molecule has 1 N–H and O–H groups in total. The van der Waals surface area contributed by atoms with Crippen molar-refractivity contribution in [1.29, 1.82) is 0 Å². The van der Waals surface area contributed by atoms with E-state index in [4.69, 9.17) is 9.47 Å². The molecule has 0 spiro atoms. The number of fused-ring (bicyclic) bond motifs is 2. The number of hydrogen-bond acceptors (Lipinski definition) is 4. The number of rotatable bonds is 4. The molecular formula is C19H20N2O3. The quantitative estimate of drug-likeness (QED) is 0.939. The number of carbonyl (C=O) groups excluding carboxylic acids is 1. The van der Waals surface area contributed by atoms with Crippen molar-refractivity contribution in [3.8, 4) is 11.5 Å². The Morgan fingerprint density at radius 3 is 2.96 bits per heavy atom. The van der Waals surface area contributed by atoms with Gasteiger partial charge in [-0.05, 0) is 42.2 Å². The SMILES string of the molecule is O=C(CNCc1ccc2c(c1)OCO2)N1CCCc2ccccc21. The minimum absolute atomic E-state index is 0.114. The maximum Gasteiger partial charge on any atom is 0.240 e. The monoisotopic (exact) mass is 324 g/mol. The summed E-state index contributed by atoms with van der Waals surface area (Å²) < 4.78 is 10.7. The molecule has 0 fully saturated rings. The van der Waals surface area contributed by atoms with Crippen molar-refractivity contribution < 1.29 is 14.3 Å². The normalized spacial score (nSPS) is 15.2. The first-order chi connectivity index (χ1) is 11.8. The lowest BCUT2D eigenvalue weighted by molar-refractivity contribution is -0.117. The van der Waals surface area contributed by atoms with Gasteiger partial charge in [-0.15, -0.1) is 0 Å². The first-order valence-corrected chi connectivity index (χ1v) is 8.29. The molecule has 2 aliphatic rings. The lowest BCUT2D eigenvalue weighted by atomic mass is 10.0. The van der Waals surface area contributed by atoms with Crippen LogP contribution in [0, 0.1) is 0 Å². The first kappa shape index (κ1) is 15.0. The molecule has 24 heavy (non-hydrogen) atoms. The minimum atomic E-state index is 0.114. The molecule has 2 heterocycles. The van der Waals surface area contributed by atoms with Crippen molar-refractivity contribution in [3.05, 3.63) is 53.6 Å². The Hall–Kier alpha value is -2.53. The van der Waals surface area contributed by atoms with E-state index in [1.807, 2.05) is 41.3 Å². The maximum atomic E-state index is 12.6. The largest absolute Gasteiger partial charge is 0.454 e. The second-order valence-corrected chi connectivity index (χ2v) is 6.07. The van der Waals surface area contributed by atoms with Crippen molar-refractivity contribution in [2.45, 2.75) is 19.4 Å². The number of hydrogen-bond donors (Lipinski definition) is 1. The van der Waals surface area contributed by atoms with Gasteiger partial charge < -0.3 is 19.7 Å². The van der Waals surface area contributed by atoms with Crippen LogP contribution in [0.3, 0.4) is 0 Å². The molecule has 0 saturated carbocycles. The van der Waals surface area contributed by atoms with Crippen LogP contribution in [0.2, 0.25) is 0 Å². The van der Waals surface area contributed by atoms with Crippen LogP contribution in [0.5, 0.6) is 11.5 Å². The minimum Gasteiger partial charge on any atom is -0.454 e. The van der Waals surface area contributed by atoms with Crippen LogP contribution >= 0.6 is 0 Å². The van der Waals surface area contributed by atoms with Gasteiger partial charge in [-0.2, -0.15) is 0 Å². The predicted octanol–water partition coefficient (Wildman–Crippen LogP) is 2.48. The zero-order chi connectivity index (χ0) is 16.4. The summed E-state index contributed by atoms with van der Waals surface area (Å²) in [5.74, 6) is 1.66. The van der Waals surface area contributed by atoms with Gasteiger partial charge in [0, 0.05) is 18.8 Å². The molecule has 5 nitrogen and oxygen atoms in total. The number of ether oxygens (including phenoxy) is 2. The Morgan fingerprint density at radius 2 is 2.00 bits per heavy atom. The van der Waals surface area contributed by atoms with Gasteiger partial charge in [0.2, 0.25) is 12.7 Å². The van der Waals surface area contributed by atoms with Crippen LogP contribution in [-0.4, -0.2) is 25.8 Å². The summed E-state index contributed by atoms with van der Waals surface area (Å²) in [5.41, 5.74) is 3.39. The molecule has 0 radical (unpaired) electrons. The molecule has 0 aliphatic carbocycles. The Labute approximate surface area is 141 Å². The van der Waals surface area contributed by atoms with Crippen molar-refractivity contribution in [2.24, 2.45) is 0 Å². The number of aryl methyl sites for hydroxylation is 1. The lowest BCUT2D eigenvalue weighted by Crippen LogP contribution is -2.41. The Bertz CT molecular complexity index is 760. The number of para-hydroxylation sites is 1. The number of nitrogens with zero attached hydrogens (tertiary/aromatic N) is 1. The van der Waals surface area contributed by atoms with E-state index < -0.39 is 0 Å². The van der Waals surface area contributed by atoms with Crippen molar-refractivity contribution >= 4 is 11.6 Å². The van der Waals surface area contributed by atoms with Gasteiger partial charge >= 0.3 is 0 Å². The number of benzene rings is 2. The average Bonchev–Trinajstić information content (AvgIpc) is 3.09. The van der Waals surface area contributed by atoms with Gasteiger partial charge in [0.25, 0.3) is 0 Å². The highest BCUT2D eigenvalue weighted by Gasteiger charge is 2.21. The third-order valence-corrected chi connectivity index (χ3v) is 4.45. The molecule has 0 aromatic heterocycles. The number of nitrogens with one attached hydrogen (secondary N) is 1. The molecule has 124 valence electrons. The van der Waals surface area contributed by atoms with E-state index >= 15 is 0 Å². The summed E-state index contributed by atoms with van der Waals surface area (Å²) in [5, 5.41) is 3.23. The highest BCUT2D eigenvalue weighted by Crippen LogP contribution is 2.32. The highest BCUT2D eigenvalue weighted by atomic mass is 16.7.